The maximum Gasteiger partial charge on any atom is 0.264 e. The molecule has 0 saturated carbocycles. The average Bonchev–Trinajstić information content (AvgIpc) is 3.17. The minimum atomic E-state index is -0.134. The van der Waals surface area contributed by atoms with Crippen molar-refractivity contribution in [1.29, 1.82) is 0 Å². The van der Waals surface area contributed by atoms with Gasteiger partial charge in [-0.15, -0.1) is 0 Å². The number of carbonyl (C=O) groups excluding carboxylic acids is 1. The van der Waals surface area contributed by atoms with Gasteiger partial charge in [0.2, 0.25) is 0 Å². The lowest BCUT2D eigenvalue weighted by Gasteiger charge is -2.09. The summed E-state index contributed by atoms with van der Waals surface area (Å²) in [6.07, 6.45) is 1.93. The number of halogens is 1. The molecule has 1 amide bonds. The number of para-hydroxylation sites is 1. The van der Waals surface area contributed by atoms with Crippen molar-refractivity contribution < 1.29 is 4.79 Å². The number of hydrogen-bond acceptors (Lipinski definition) is 3. The molecule has 4 nitrogen and oxygen atoms in total. The molecule has 6 heteroatoms. The second-order valence-corrected chi connectivity index (χ2v) is 8.38. The van der Waals surface area contributed by atoms with E-state index >= 15 is 0 Å². The molecule has 0 radical (unpaired) electrons. The predicted molar refractivity (Wildman–Crippen MR) is 122 cm³/mol. The maximum absolute atomic E-state index is 12.5. The van der Waals surface area contributed by atoms with Crippen LogP contribution in [-0.4, -0.2) is 15.6 Å². The molecule has 0 bridgehead atoms. The number of thioether (sulfide) groups is 1. The molecule has 2 heterocycles. The Kier molecular flexibility index (Phi) is 5.35. The number of carbonyl (C=O) groups is 1. The topological polar surface area (TPSA) is 46.4 Å². The zero-order valence-corrected chi connectivity index (χ0v) is 17.9. The van der Waals surface area contributed by atoms with Crippen LogP contribution in [0.5, 0.6) is 0 Å². The summed E-state index contributed by atoms with van der Waals surface area (Å²) < 4.78 is 2.19. The van der Waals surface area contributed by atoms with Crippen LogP contribution in [0.25, 0.3) is 11.8 Å². The molecule has 4 rings (SSSR count). The summed E-state index contributed by atoms with van der Waals surface area (Å²) in [5, 5.41) is 4.10. The van der Waals surface area contributed by atoms with Crippen molar-refractivity contribution in [2.24, 2.45) is 4.99 Å². The number of nitrogens with one attached hydrogen (secondary N) is 1. The molecule has 146 valence electrons. The van der Waals surface area contributed by atoms with E-state index in [0.29, 0.717) is 15.1 Å². The van der Waals surface area contributed by atoms with Gasteiger partial charge in [0.15, 0.2) is 5.17 Å². The first-order valence-corrected chi connectivity index (χ1v) is 10.4. The van der Waals surface area contributed by atoms with Crippen LogP contribution in [0.15, 0.2) is 64.5 Å². The third-order valence-corrected chi connectivity index (χ3v) is 5.95. The maximum atomic E-state index is 12.5. The number of amides is 1. The highest BCUT2D eigenvalue weighted by molar-refractivity contribution is 8.18. The fourth-order valence-corrected chi connectivity index (χ4v) is 4.44. The van der Waals surface area contributed by atoms with Gasteiger partial charge in [-0.1, -0.05) is 29.8 Å². The van der Waals surface area contributed by atoms with Gasteiger partial charge in [0, 0.05) is 22.1 Å². The quantitative estimate of drug-likeness (QED) is 0.531. The van der Waals surface area contributed by atoms with E-state index in [1.807, 2.05) is 43.3 Å². The van der Waals surface area contributed by atoms with Crippen LogP contribution in [0, 0.1) is 20.8 Å². The van der Waals surface area contributed by atoms with Gasteiger partial charge in [0.05, 0.1) is 10.6 Å². The molecule has 1 fully saturated rings. The molecule has 3 aromatic rings. The van der Waals surface area contributed by atoms with Crippen molar-refractivity contribution >= 4 is 46.2 Å². The van der Waals surface area contributed by atoms with Gasteiger partial charge in [-0.25, -0.2) is 4.99 Å². The summed E-state index contributed by atoms with van der Waals surface area (Å²) in [4.78, 5) is 17.7. The Labute approximate surface area is 179 Å². The third-order valence-electron chi connectivity index (χ3n) is 4.80. The van der Waals surface area contributed by atoms with E-state index in [9.17, 15) is 4.79 Å². The van der Waals surface area contributed by atoms with E-state index in [1.54, 1.807) is 6.07 Å². The Morgan fingerprint density at radius 1 is 1.07 bits per heavy atom. The Balaban J connectivity index is 1.64. The summed E-state index contributed by atoms with van der Waals surface area (Å²) in [6, 6.07) is 17.8. The SMILES string of the molecule is Cc1cc(Cl)ccc1N=C1NC(=O)/C(=C/c2cc(C)n(-c3ccccc3)c2C)S1. The summed E-state index contributed by atoms with van der Waals surface area (Å²) in [5.41, 5.74) is 6.09. The predicted octanol–water partition coefficient (Wildman–Crippen LogP) is 5.95. The summed E-state index contributed by atoms with van der Waals surface area (Å²) in [5.74, 6) is -0.134. The van der Waals surface area contributed by atoms with Gasteiger partial charge in [-0.05, 0) is 86.1 Å². The highest BCUT2D eigenvalue weighted by atomic mass is 35.5. The van der Waals surface area contributed by atoms with Crippen LogP contribution in [0.3, 0.4) is 0 Å². The third kappa shape index (κ3) is 4.02. The van der Waals surface area contributed by atoms with Gasteiger partial charge in [0.25, 0.3) is 5.91 Å². The summed E-state index contributed by atoms with van der Waals surface area (Å²) >= 11 is 7.36. The van der Waals surface area contributed by atoms with Crippen molar-refractivity contribution in [3.05, 3.63) is 87.0 Å². The standard InChI is InChI=1S/C23H20ClN3OS/c1-14-11-18(24)9-10-20(14)25-23-26-22(28)21(29-23)13-17-12-15(2)27(16(17)3)19-7-5-4-6-8-19/h4-13H,1-3H3,(H,25,26,28)/b21-13-. The van der Waals surface area contributed by atoms with Crippen molar-refractivity contribution in [2.75, 3.05) is 0 Å². The van der Waals surface area contributed by atoms with E-state index in [1.165, 1.54) is 11.8 Å². The second-order valence-electron chi connectivity index (χ2n) is 6.91. The van der Waals surface area contributed by atoms with Crippen LogP contribution >= 0.6 is 23.4 Å². The van der Waals surface area contributed by atoms with Crippen LogP contribution < -0.4 is 5.32 Å². The van der Waals surface area contributed by atoms with E-state index < -0.39 is 0 Å². The minimum absolute atomic E-state index is 0.134. The van der Waals surface area contributed by atoms with E-state index in [2.05, 4.69) is 46.9 Å². The van der Waals surface area contributed by atoms with Crippen LogP contribution in [-0.2, 0) is 4.79 Å². The smallest absolute Gasteiger partial charge is 0.264 e. The Morgan fingerprint density at radius 2 is 1.83 bits per heavy atom. The molecule has 0 atom stereocenters. The molecule has 1 N–H and O–H groups in total. The van der Waals surface area contributed by atoms with Gasteiger partial charge >= 0.3 is 0 Å². The number of nitrogens with zero attached hydrogens (tertiary/aromatic N) is 2. The number of aryl methyl sites for hydroxylation is 2. The fraction of sp³-hybridized carbons (Fsp3) is 0.130. The van der Waals surface area contributed by atoms with Crippen molar-refractivity contribution in [2.45, 2.75) is 20.8 Å². The van der Waals surface area contributed by atoms with Crippen molar-refractivity contribution in [3.8, 4) is 5.69 Å². The Hall–Kier alpha value is -2.76. The Morgan fingerprint density at radius 3 is 2.55 bits per heavy atom. The summed E-state index contributed by atoms with van der Waals surface area (Å²) in [6.45, 7) is 6.08. The lowest BCUT2D eigenvalue weighted by Crippen LogP contribution is -2.19. The highest BCUT2D eigenvalue weighted by Gasteiger charge is 2.24. The van der Waals surface area contributed by atoms with E-state index in [4.69, 9.17) is 11.6 Å². The lowest BCUT2D eigenvalue weighted by atomic mass is 10.2. The molecule has 1 aliphatic heterocycles. The zero-order chi connectivity index (χ0) is 20.5. The number of hydrogen-bond donors (Lipinski definition) is 1. The van der Waals surface area contributed by atoms with E-state index in [-0.39, 0.29) is 5.91 Å². The van der Waals surface area contributed by atoms with Crippen molar-refractivity contribution in [1.82, 2.24) is 9.88 Å². The number of amidine groups is 1. The van der Waals surface area contributed by atoms with E-state index in [0.717, 1.165) is 33.9 Å². The molecule has 0 unspecified atom stereocenters. The minimum Gasteiger partial charge on any atom is -0.318 e. The highest BCUT2D eigenvalue weighted by Crippen LogP contribution is 2.31. The van der Waals surface area contributed by atoms with Gasteiger partial charge in [-0.3, -0.25) is 4.79 Å². The van der Waals surface area contributed by atoms with Gasteiger partial charge < -0.3 is 9.88 Å². The lowest BCUT2D eigenvalue weighted by molar-refractivity contribution is -0.115. The monoisotopic (exact) mass is 421 g/mol. The number of aromatic nitrogens is 1. The molecule has 29 heavy (non-hydrogen) atoms. The first-order valence-electron chi connectivity index (χ1n) is 9.22. The molecule has 1 aromatic heterocycles. The first kappa shape index (κ1) is 19.6. The fourth-order valence-electron chi connectivity index (χ4n) is 3.38. The molecular formula is C23H20ClN3OS. The van der Waals surface area contributed by atoms with Gasteiger partial charge in [0.1, 0.15) is 0 Å². The zero-order valence-electron chi connectivity index (χ0n) is 16.4. The van der Waals surface area contributed by atoms with Gasteiger partial charge in [-0.2, -0.15) is 0 Å². The largest absolute Gasteiger partial charge is 0.318 e. The normalized spacial score (nSPS) is 16.6. The summed E-state index contributed by atoms with van der Waals surface area (Å²) in [7, 11) is 0. The number of benzene rings is 2. The molecule has 1 saturated heterocycles. The van der Waals surface area contributed by atoms with Crippen molar-refractivity contribution in [3.63, 3.8) is 0 Å². The molecule has 1 aliphatic rings. The average molecular weight is 422 g/mol. The molecular weight excluding hydrogens is 402 g/mol. The number of rotatable bonds is 3. The first-order chi connectivity index (χ1) is 13.9. The van der Waals surface area contributed by atoms with Crippen LogP contribution in [0.2, 0.25) is 5.02 Å². The number of aliphatic imine (C=N–C) groups is 1. The Bertz CT molecular complexity index is 1160. The molecule has 0 spiro atoms. The second kappa shape index (κ2) is 7.93. The van der Waals surface area contributed by atoms with Crippen LogP contribution in [0.4, 0.5) is 5.69 Å². The molecule has 2 aromatic carbocycles. The van der Waals surface area contributed by atoms with Crippen LogP contribution in [0.1, 0.15) is 22.5 Å². The molecule has 0 aliphatic carbocycles.